The van der Waals surface area contributed by atoms with Gasteiger partial charge in [0.25, 0.3) is 0 Å². The van der Waals surface area contributed by atoms with Crippen molar-refractivity contribution in [2.75, 3.05) is 10.0 Å². The Balaban J connectivity index is 2.46. The first-order valence-corrected chi connectivity index (χ1v) is 6.07. The second kappa shape index (κ2) is 6.22. The molecule has 1 atom stereocenters. The SMILES string of the molecule is O=C(O)CCC(=O)Nc1nnc(NS(=O)[O-])s1. The fraction of sp³-hybridized carbons (Fsp3) is 0.333. The lowest BCUT2D eigenvalue weighted by atomic mass is 10.3. The van der Waals surface area contributed by atoms with Gasteiger partial charge in [-0.25, -0.2) is 0 Å². The van der Waals surface area contributed by atoms with Crippen molar-refractivity contribution in [3.8, 4) is 0 Å². The molecule has 0 aliphatic carbocycles. The number of nitrogens with one attached hydrogen (secondary N) is 2. The molecule has 1 aromatic rings. The smallest absolute Gasteiger partial charge is 0.303 e. The first-order chi connectivity index (χ1) is 7.97. The third-order valence-corrected chi connectivity index (χ3v) is 2.65. The van der Waals surface area contributed by atoms with Crippen LogP contribution >= 0.6 is 11.3 Å². The highest BCUT2D eigenvalue weighted by atomic mass is 32.2. The molecule has 1 heterocycles. The Labute approximate surface area is 102 Å². The van der Waals surface area contributed by atoms with E-state index < -0.39 is 23.1 Å². The van der Waals surface area contributed by atoms with Crippen LogP contribution in [0.25, 0.3) is 0 Å². The highest BCUT2D eigenvalue weighted by Gasteiger charge is 2.09. The minimum Gasteiger partial charge on any atom is -0.755 e. The van der Waals surface area contributed by atoms with Gasteiger partial charge in [-0.05, 0) is 0 Å². The summed E-state index contributed by atoms with van der Waals surface area (Å²) in [7, 11) is 0. The number of hydrogen-bond donors (Lipinski definition) is 3. The number of aliphatic carboxylic acids is 1. The number of anilines is 2. The molecular weight excluding hydrogens is 272 g/mol. The van der Waals surface area contributed by atoms with Gasteiger partial charge < -0.3 is 15.0 Å². The van der Waals surface area contributed by atoms with E-state index in [4.69, 9.17) is 5.11 Å². The van der Waals surface area contributed by atoms with Crippen LogP contribution in [0.15, 0.2) is 0 Å². The third-order valence-electron chi connectivity index (χ3n) is 1.41. The van der Waals surface area contributed by atoms with Crippen LogP contribution in [-0.4, -0.2) is 35.9 Å². The Morgan fingerprint density at radius 3 is 2.59 bits per heavy atom. The van der Waals surface area contributed by atoms with Gasteiger partial charge in [0.1, 0.15) is 0 Å². The molecule has 1 rings (SSSR count). The fourth-order valence-corrected chi connectivity index (χ4v) is 1.85. The fourth-order valence-electron chi connectivity index (χ4n) is 0.789. The van der Waals surface area contributed by atoms with Crippen LogP contribution in [0.2, 0.25) is 0 Å². The molecule has 0 aliphatic rings. The maximum atomic E-state index is 11.2. The van der Waals surface area contributed by atoms with Crippen LogP contribution in [0.1, 0.15) is 12.8 Å². The van der Waals surface area contributed by atoms with Gasteiger partial charge in [0, 0.05) is 17.7 Å². The Morgan fingerprint density at radius 1 is 1.35 bits per heavy atom. The number of carbonyl (C=O) groups is 2. The normalized spacial score (nSPS) is 11.8. The minimum absolute atomic E-state index is 0.00636. The summed E-state index contributed by atoms with van der Waals surface area (Å²) in [6.45, 7) is 0. The summed E-state index contributed by atoms with van der Waals surface area (Å²) in [4.78, 5) is 21.4. The predicted octanol–water partition coefficient (Wildman–Crippen LogP) is -0.453. The van der Waals surface area contributed by atoms with Gasteiger partial charge in [0.05, 0.1) is 6.42 Å². The Kier molecular flexibility index (Phi) is 4.93. The average molecular weight is 279 g/mol. The number of aromatic nitrogens is 2. The van der Waals surface area contributed by atoms with Gasteiger partial charge in [-0.1, -0.05) is 11.3 Å². The summed E-state index contributed by atoms with van der Waals surface area (Å²) in [5, 5.41) is 17.7. The molecule has 0 aliphatic heterocycles. The number of amides is 1. The molecule has 11 heteroatoms. The predicted molar refractivity (Wildman–Crippen MR) is 58.0 cm³/mol. The second-order valence-corrected chi connectivity index (χ2v) is 4.34. The van der Waals surface area contributed by atoms with Crippen LogP contribution in [0.5, 0.6) is 0 Å². The number of carboxylic acids is 1. The zero-order valence-corrected chi connectivity index (χ0v) is 9.84. The van der Waals surface area contributed by atoms with Crippen LogP contribution in [-0.2, 0) is 20.9 Å². The molecule has 0 aromatic carbocycles. The van der Waals surface area contributed by atoms with E-state index in [-0.39, 0.29) is 23.1 Å². The van der Waals surface area contributed by atoms with E-state index in [0.717, 1.165) is 11.3 Å². The molecule has 9 nitrogen and oxygen atoms in total. The van der Waals surface area contributed by atoms with E-state index in [1.807, 2.05) is 4.72 Å². The molecular formula is C6H7N4O5S2-. The molecule has 0 radical (unpaired) electrons. The molecule has 1 aromatic heterocycles. The van der Waals surface area contributed by atoms with Gasteiger partial charge in [-0.15, -0.1) is 10.2 Å². The number of rotatable bonds is 6. The number of nitrogens with zero attached hydrogens (tertiary/aromatic N) is 2. The van der Waals surface area contributed by atoms with Crippen LogP contribution < -0.4 is 10.0 Å². The summed E-state index contributed by atoms with van der Waals surface area (Å²) in [6, 6.07) is 0. The zero-order chi connectivity index (χ0) is 12.8. The summed E-state index contributed by atoms with van der Waals surface area (Å²) < 4.78 is 22.5. The summed E-state index contributed by atoms with van der Waals surface area (Å²) in [5.41, 5.74) is 0. The first kappa shape index (κ1) is 13.5. The van der Waals surface area contributed by atoms with Crippen molar-refractivity contribution < 1.29 is 23.5 Å². The molecule has 0 spiro atoms. The van der Waals surface area contributed by atoms with Crippen LogP contribution in [0, 0.1) is 0 Å². The number of carbonyl (C=O) groups excluding carboxylic acids is 1. The lowest BCUT2D eigenvalue weighted by Crippen LogP contribution is -2.12. The molecule has 94 valence electrons. The Hall–Kier alpha value is -1.59. The van der Waals surface area contributed by atoms with Gasteiger partial charge in [-0.3, -0.25) is 18.5 Å². The monoisotopic (exact) mass is 279 g/mol. The van der Waals surface area contributed by atoms with Gasteiger partial charge >= 0.3 is 5.97 Å². The highest BCUT2D eigenvalue weighted by Crippen LogP contribution is 2.20. The van der Waals surface area contributed by atoms with E-state index in [1.165, 1.54) is 0 Å². The molecule has 0 saturated carbocycles. The van der Waals surface area contributed by atoms with E-state index in [9.17, 15) is 18.4 Å². The lowest BCUT2D eigenvalue weighted by molar-refractivity contribution is -0.138. The first-order valence-electron chi connectivity index (χ1n) is 4.18. The molecule has 0 saturated heterocycles. The summed E-state index contributed by atoms with van der Waals surface area (Å²) in [5.74, 6) is -1.61. The van der Waals surface area contributed by atoms with Crippen molar-refractivity contribution in [2.45, 2.75) is 12.8 Å². The van der Waals surface area contributed by atoms with Crippen molar-refractivity contribution in [2.24, 2.45) is 0 Å². The lowest BCUT2D eigenvalue weighted by Gasteiger charge is -2.02. The maximum Gasteiger partial charge on any atom is 0.303 e. The second-order valence-electron chi connectivity index (χ2n) is 2.69. The van der Waals surface area contributed by atoms with Crippen molar-refractivity contribution in [3.63, 3.8) is 0 Å². The highest BCUT2D eigenvalue weighted by molar-refractivity contribution is 7.80. The van der Waals surface area contributed by atoms with Crippen molar-refractivity contribution >= 4 is 44.7 Å². The van der Waals surface area contributed by atoms with Gasteiger partial charge in [-0.2, -0.15) is 0 Å². The molecule has 0 bridgehead atoms. The number of hydrogen-bond acceptors (Lipinski definition) is 7. The molecule has 1 amide bonds. The molecule has 17 heavy (non-hydrogen) atoms. The van der Waals surface area contributed by atoms with Crippen molar-refractivity contribution in [3.05, 3.63) is 0 Å². The summed E-state index contributed by atoms with van der Waals surface area (Å²) in [6.07, 6.45) is -0.481. The van der Waals surface area contributed by atoms with Crippen molar-refractivity contribution in [1.82, 2.24) is 10.2 Å². The van der Waals surface area contributed by atoms with Gasteiger partial charge in [0.15, 0.2) is 0 Å². The Bertz CT molecular complexity index is 447. The standard InChI is InChI=1S/C6H8N4O5S2/c11-3(1-2-4(12)13)7-5-8-9-6(16-5)10-17(14)15/h1-2H2,(H,9,10)(H,12,13)(H,14,15)(H,7,8,11)/p-1. The van der Waals surface area contributed by atoms with E-state index in [1.54, 1.807) is 0 Å². The summed E-state index contributed by atoms with van der Waals surface area (Å²) >= 11 is -1.69. The van der Waals surface area contributed by atoms with E-state index in [2.05, 4.69) is 15.5 Å². The van der Waals surface area contributed by atoms with Crippen molar-refractivity contribution in [1.29, 1.82) is 0 Å². The largest absolute Gasteiger partial charge is 0.755 e. The van der Waals surface area contributed by atoms with Crippen LogP contribution in [0.3, 0.4) is 0 Å². The van der Waals surface area contributed by atoms with Gasteiger partial charge in [0.2, 0.25) is 16.2 Å². The maximum absolute atomic E-state index is 11.2. The average Bonchev–Trinajstić information content (AvgIpc) is 2.61. The van der Waals surface area contributed by atoms with Crippen LogP contribution in [0.4, 0.5) is 10.3 Å². The zero-order valence-electron chi connectivity index (χ0n) is 8.21. The quantitative estimate of drug-likeness (QED) is 0.598. The minimum atomic E-state index is -2.51. The molecule has 3 N–H and O–H groups in total. The topological polar surface area (TPSA) is 144 Å². The third kappa shape index (κ3) is 5.33. The number of carboxylic acid groups (broad SMARTS) is 1. The Morgan fingerprint density at radius 2 is 2.00 bits per heavy atom. The van der Waals surface area contributed by atoms with E-state index in [0.29, 0.717) is 0 Å². The van der Waals surface area contributed by atoms with E-state index >= 15 is 0 Å². The molecule has 0 fully saturated rings. The molecule has 1 unspecified atom stereocenters.